The molecule has 1 heterocycles. The third-order valence-electron chi connectivity index (χ3n) is 9.65. The number of nitrogens with one attached hydrogen (secondary N) is 2. The van der Waals surface area contributed by atoms with E-state index >= 15 is 0 Å². The van der Waals surface area contributed by atoms with Gasteiger partial charge in [-0.2, -0.15) is 0 Å². The van der Waals surface area contributed by atoms with Crippen LogP contribution in [0.25, 0.3) is 0 Å². The Balaban J connectivity index is 1.02. The minimum Gasteiger partial charge on any atom is -0.392 e. The van der Waals surface area contributed by atoms with Crippen LogP contribution in [0.3, 0.4) is 0 Å². The van der Waals surface area contributed by atoms with Crippen LogP contribution >= 0.6 is 11.8 Å². The first-order chi connectivity index (χ1) is 20.5. The van der Waals surface area contributed by atoms with Gasteiger partial charge >= 0.3 is 6.03 Å². The summed E-state index contributed by atoms with van der Waals surface area (Å²) in [6, 6.07) is 26.1. The summed E-state index contributed by atoms with van der Waals surface area (Å²) in [6.45, 7) is 0.0226. The van der Waals surface area contributed by atoms with E-state index < -0.39 is 6.29 Å². The normalized spacial score (nSPS) is 31.5. The highest BCUT2D eigenvalue weighted by Crippen LogP contribution is 2.55. The highest BCUT2D eigenvalue weighted by atomic mass is 32.2. The van der Waals surface area contributed by atoms with Gasteiger partial charge in [0, 0.05) is 33.9 Å². The van der Waals surface area contributed by atoms with Gasteiger partial charge in [0.2, 0.25) is 0 Å². The lowest BCUT2D eigenvalue weighted by Gasteiger charge is -2.56. The fraction of sp³-hybridized carbons (Fsp3) is 0.457. The Hall–Kier alpha value is -2.84. The summed E-state index contributed by atoms with van der Waals surface area (Å²) in [5.74, 6) is 3.19. The number of carbonyl (C=O) groups excluding carboxylic acids is 1. The lowest BCUT2D eigenvalue weighted by Crippen LogP contribution is -2.60. The zero-order valence-corrected chi connectivity index (χ0v) is 24.7. The molecule has 220 valence electrons. The second kappa shape index (κ2) is 12.0. The molecule has 4 saturated carbocycles. The molecule has 1 saturated heterocycles. The van der Waals surface area contributed by atoms with Gasteiger partial charge in [-0.15, -0.1) is 11.8 Å². The molecule has 0 aromatic heterocycles. The van der Waals surface area contributed by atoms with Crippen molar-refractivity contribution < 1.29 is 19.4 Å². The maximum Gasteiger partial charge on any atom is 0.319 e. The molecule has 3 aromatic carbocycles. The quantitative estimate of drug-likeness (QED) is 0.238. The summed E-state index contributed by atoms with van der Waals surface area (Å²) in [4.78, 5) is 14.3. The number of anilines is 1. The van der Waals surface area contributed by atoms with Crippen molar-refractivity contribution in [3.8, 4) is 0 Å². The van der Waals surface area contributed by atoms with Crippen LogP contribution in [0.2, 0.25) is 0 Å². The smallest absolute Gasteiger partial charge is 0.319 e. The lowest BCUT2D eigenvalue weighted by atomic mass is 9.53. The summed E-state index contributed by atoms with van der Waals surface area (Å²) < 4.78 is 13.0. The highest BCUT2D eigenvalue weighted by Gasteiger charge is 2.51. The van der Waals surface area contributed by atoms with E-state index in [1.54, 1.807) is 11.8 Å². The van der Waals surface area contributed by atoms with Gasteiger partial charge in [0.1, 0.15) is 0 Å². The monoisotopic (exact) mass is 584 g/mol. The molecule has 1 aliphatic heterocycles. The molecule has 3 N–H and O–H groups in total. The molecule has 5 fully saturated rings. The van der Waals surface area contributed by atoms with Crippen molar-refractivity contribution in [1.29, 1.82) is 0 Å². The summed E-state index contributed by atoms with van der Waals surface area (Å²) in [6.07, 6.45) is 7.58. The van der Waals surface area contributed by atoms with Crippen LogP contribution < -0.4 is 10.6 Å². The van der Waals surface area contributed by atoms with E-state index in [4.69, 9.17) is 9.47 Å². The van der Waals surface area contributed by atoms with Crippen molar-refractivity contribution in [1.82, 2.24) is 5.32 Å². The molecule has 3 aromatic rings. The topological polar surface area (TPSA) is 79.8 Å². The van der Waals surface area contributed by atoms with E-state index in [2.05, 4.69) is 34.9 Å². The first-order valence-corrected chi connectivity index (χ1v) is 16.4. The van der Waals surface area contributed by atoms with Gasteiger partial charge in [-0.25, -0.2) is 4.79 Å². The first kappa shape index (κ1) is 28.0. The fourth-order valence-electron chi connectivity index (χ4n) is 8.12. The zero-order valence-electron chi connectivity index (χ0n) is 23.9. The number of urea groups is 1. The number of thioether (sulfide) groups is 1. The van der Waals surface area contributed by atoms with E-state index in [0.717, 1.165) is 71.6 Å². The predicted molar refractivity (Wildman–Crippen MR) is 165 cm³/mol. The summed E-state index contributed by atoms with van der Waals surface area (Å²) >= 11 is 1.79. The predicted octanol–water partition coefficient (Wildman–Crippen LogP) is 7.61. The summed E-state index contributed by atoms with van der Waals surface area (Å²) in [7, 11) is 0. The average Bonchev–Trinajstić information content (AvgIpc) is 3.00. The Morgan fingerprint density at radius 2 is 1.45 bits per heavy atom. The Morgan fingerprint density at radius 3 is 2.10 bits per heavy atom. The Kier molecular flexibility index (Phi) is 8.01. The van der Waals surface area contributed by atoms with Crippen molar-refractivity contribution >= 4 is 23.5 Å². The van der Waals surface area contributed by atoms with Crippen LogP contribution in [0, 0.1) is 17.8 Å². The standard InChI is InChI=1S/C35H40N2O4S/c38-21-23-6-8-27(9-7-23)32-17-30(22-42-31-4-2-1-3-5-31)40-33(41-32)28-10-12-29(13-11-28)36-34(39)37-35-18-24-14-25(19-35)16-26(15-24)20-35/h1-13,24-26,30,32-33,38H,14-22H2,(H2,36,37,39). The molecule has 3 atom stereocenters. The maximum atomic E-state index is 13.1. The number of ether oxygens (including phenoxy) is 2. The van der Waals surface area contributed by atoms with Crippen molar-refractivity contribution in [2.75, 3.05) is 11.1 Å². The van der Waals surface area contributed by atoms with Crippen LogP contribution in [0.1, 0.15) is 74.0 Å². The number of hydrogen-bond donors (Lipinski definition) is 3. The largest absolute Gasteiger partial charge is 0.392 e. The van der Waals surface area contributed by atoms with E-state index in [1.807, 2.05) is 54.6 Å². The summed E-state index contributed by atoms with van der Waals surface area (Å²) in [5.41, 5.74) is 3.64. The highest BCUT2D eigenvalue weighted by molar-refractivity contribution is 7.99. The van der Waals surface area contributed by atoms with Gasteiger partial charge in [-0.3, -0.25) is 0 Å². The van der Waals surface area contributed by atoms with Crippen LogP contribution in [0.5, 0.6) is 0 Å². The van der Waals surface area contributed by atoms with Crippen LogP contribution in [0.4, 0.5) is 10.5 Å². The molecule has 5 aliphatic rings. The molecule has 0 radical (unpaired) electrons. The number of amides is 2. The molecule has 4 aliphatic carbocycles. The van der Waals surface area contributed by atoms with Gasteiger partial charge in [-0.1, -0.05) is 54.6 Å². The van der Waals surface area contributed by atoms with E-state index in [-0.39, 0.29) is 30.4 Å². The number of aliphatic hydroxyl groups is 1. The van der Waals surface area contributed by atoms with Gasteiger partial charge in [0.15, 0.2) is 6.29 Å². The number of aliphatic hydroxyl groups excluding tert-OH is 1. The Morgan fingerprint density at radius 1 is 0.810 bits per heavy atom. The lowest BCUT2D eigenvalue weighted by molar-refractivity contribution is -0.245. The van der Waals surface area contributed by atoms with Gasteiger partial charge in [-0.05, 0) is 91.7 Å². The minimum atomic E-state index is -0.516. The molecule has 4 bridgehead atoms. The second-order valence-electron chi connectivity index (χ2n) is 12.9. The van der Waals surface area contributed by atoms with E-state index in [9.17, 15) is 9.90 Å². The minimum absolute atomic E-state index is 0.000310. The Bertz CT molecular complexity index is 1330. The Labute approximate surface area is 252 Å². The van der Waals surface area contributed by atoms with Crippen LogP contribution in [0.15, 0.2) is 83.8 Å². The molecule has 8 rings (SSSR count). The summed E-state index contributed by atoms with van der Waals surface area (Å²) in [5, 5.41) is 16.0. The van der Waals surface area contributed by atoms with Crippen LogP contribution in [-0.4, -0.2) is 28.5 Å². The van der Waals surface area contributed by atoms with Gasteiger partial charge in [0.25, 0.3) is 0 Å². The van der Waals surface area contributed by atoms with Crippen LogP contribution in [-0.2, 0) is 16.1 Å². The zero-order chi connectivity index (χ0) is 28.5. The van der Waals surface area contributed by atoms with Gasteiger partial charge in [0.05, 0.1) is 18.8 Å². The SMILES string of the molecule is O=C(Nc1ccc(C2OC(CSc3ccccc3)CC(c3ccc(CO)cc3)O2)cc1)NC12CC3CC(CC(C3)C1)C2. The number of rotatable bonds is 8. The number of hydrogen-bond acceptors (Lipinski definition) is 5. The molecule has 42 heavy (non-hydrogen) atoms. The van der Waals surface area contributed by atoms with E-state index in [0.29, 0.717) is 0 Å². The molecule has 0 spiro atoms. The molecule has 2 amide bonds. The number of benzene rings is 3. The van der Waals surface area contributed by atoms with Gasteiger partial charge < -0.3 is 25.2 Å². The van der Waals surface area contributed by atoms with Crippen molar-refractivity contribution in [2.24, 2.45) is 17.8 Å². The van der Waals surface area contributed by atoms with Crippen molar-refractivity contribution in [3.63, 3.8) is 0 Å². The van der Waals surface area contributed by atoms with E-state index in [1.165, 1.54) is 24.2 Å². The maximum absolute atomic E-state index is 13.1. The second-order valence-corrected chi connectivity index (χ2v) is 14.0. The molecule has 3 unspecified atom stereocenters. The molecule has 7 heteroatoms. The van der Waals surface area contributed by atoms with Crippen molar-refractivity contribution in [3.05, 3.63) is 95.6 Å². The third-order valence-corrected chi connectivity index (χ3v) is 10.8. The number of carbonyl (C=O) groups is 1. The first-order valence-electron chi connectivity index (χ1n) is 15.4. The fourth-order valence-corrected chi connectivity index (χ4v) is 9.06. The third kappa shape index (κ3) is 6.25. The average molecular weight is 585 g/mol. The van der Waals surface area contributed by atoms with Crippen molar-refractivity contribution in [2.45, 2.75) is 80.5 Å². The molecular formula is C35H40N2O4S. The molecular weight excluding hydrogens is 544 g/mol. The molecule has 6 nitrogen and oxygen atoms in total.